The predicted octanol–water partition coefficient (Wildman–Crippen LogP) is 2.56. The molecule has 29 heavy (non-hydrogen) atoms. The second-order valence-electron chi connectivity index (χ2n) is 7.47. The average Bonchev–Trinajstić information content (AvgIpc) is 3.20. The van der Waals surface area contributed by atoms with E-state index in [-0.39, 0.29) is 17.9 Å². The van der Waals surface area contributed by atoms with E-state index in [9.17, 15) is 9.59 Å². The van der Waals surface area contributed by atoms with Crippen LogP contribution in [0.4, 0.5) is 5.69 Å². The summed E-state index contributed by atoms with van der Waals surface area (Å²) in [6.07, 6.45) is 3.89. The summed E-state index contributed by atoms with van der Waals surface area (Å²) in [7, 11) is 0. The third-order valence-corrected chi connectivity index (χ3v) is 5.32. The number of benzene rings is 1. The van der Waals surface area contributed by atoms with Crippen LogP contribution < -0.4 is 5.32 Å². The Bertz CT molecular complexity index is 828. The standard InChI is InChI=1S/C21H30N6O2/c1-4-26(5-2)21(29)20-15-27(24-23-20)19-7-6-12-25(14-19)13-17-8-10-18(11-9-17)22-16(3)28/h8-11,15,19H,4-7,12-14H2,1-3H3,(H,22,28)/t19-/m1/s1. The first-order valence-corrected chi connectivity index (χ1v) is 10.3. The third kappa shape index (κ3) is 5.41. The summed E-state index contributed by atoms with van der Waals surface area (Å²) in [6, 6.07) is 8.17. The van der Waals surface area contributed by atoms with Crippen LogP contribution in [0.2, 0.25) is 0 Å². The number of piperidine rings is 1. The number of nitrogens with one attached hydrogen (secondary N) is 1. The highest BCUT2D eigenvalue weighted by atomic mass is 16.2. The lowest BCUT2D eigenvalue weighted by molar-refractivity contribution is -0.114. The van der Waals surface area contributed by atoms with Gasteiger partial charge in [0.1, 0.15) is 0 Å². The number of aromatic nitrogens is 3. The van der Waals surface area contributed by atoms with E-state index >= 15 is 0 Å². The molecular formula is C21H30N6O2. The lowest BCUT2D eigenvalue weighted by Gasteiger charge is -2.32. The molecule has 0 unspecified atom stereocenters. The van der Waals surface area contributed by atoms with Crippen LogP contribution in [0.5, 0.6) is 0 Å². The number of anilines is 1. The summed E-state index contributed by atoms with van der Waals surface area (Å²) >= 11 is 0. The normalized spacial score (nSPS) is 17.1. The molecule has 1 fully saturated rings. The maximum Gasteiger partial charge on any atom is 0.276 e. The number of hydrogen-bond acceptors (Lipinski definition) is 5. The van der Waals surface area contributed by atoms with E-state index in [1.807, 2.05) is 42.8 Å². The topological polar surface area (TPSA) is 83.4 Å². The smallest absolute Gasteiger partial charge is 0.276 e. The van der Waals surface area contributed by atoms with Gasteiger partial charge in [0, 0.05) is 38.8 Å². The molecule has 2 heterocycles. The molecule has 8 heteroatoms. The molecule has 1 aliphatic rings. The first-order chi connectivity index (χ1) is 14.0. The van der Waals surface area contributed by atoms with Gasteiger partial charge in [0.25, 0.3) is 5.91 Å². The summed E-state index contributed by atoms with van der Waals surface area (Å²) in [5.41, 5.74) is 2.43. The van der Waals surface area contributed by atoms with E-state index in [0.29, 0.717) is 18.8 Å². The van der Waals surface area contributed by atoms with E-state index in [2.05, 4.69) is 20.5 Å². The molecule has 0 spiro atoms. The van der Waals surface area contributed by atoms with Crippen molar-refractivity contribution in [2.75, 3.05) is 31.5 Å². The molecule has 156 valence electrons. The summed E-state index contributed by atoms with van der Waals surface area (Å²) < 4.78 is 1.85. The molecule has 8 nitrogen and oxygen atoms in total. The van der Waals surface area contributed by atoms with Gasteiger partial charge in [0.2, 0.25) is 5.91 Å². The van der Waals surface area contributed by atoms with Crippen LogP contribution in [0.1, 0.15) is 55.7 Å². The van der Waals surface area contributed by atoms with E-state index < -0.39 is 0 Å². The Kier molecular flexibility index (Phi) is 6.98. The second kappa shape index (κ2) is 9.65. The molecule has 1 aromatic carbocycles. The molecule has 2 amide bonds. The maximum absolute atomic E-state index is 12.5. The van der Waals surface area contributed by atoms with Crippen LogP contribution >= 0.6 is 0 Å². The lowest BCUT2D eigenvalue weighted by atomic mass is 10.0. The quantitative estimate of drug-likeness (QED) is 0.775. The Balaban J connectivity index is 1.61. The minimum Gasteiger partial charge on any atom is -0.338 e. The van der Waals surface area contributed by atoms with Crippen LogP contribution in [0, 0.1) is 0 Å². The number of amides is 2. The maximum atomic E-state index is 12.5. The summed E-state index contributed by atoms with van der Waals surface area (Å²) in [4.78, 5) is 27.8. The monoisotopic (exact) mass is 398 g/mol. The van der Waals surface area contributed by atoms with Crippen molar-refractivity contribution >= 4 is 17.5 Å². The largest absolute Gasteiger partial charge is 0.338 e. The van der Waals surface area contributed by atoms with E-state index in [4.69, 9.17) is 0 Å². The Morgan fingerprint density at radius 3 is 2.59 bits per heavy atom. The van der Waals surface area contributed by atoms with Crippen LogP contribution in [0.15, 0.2) is 30.5 Å². The van der Waals surface area contributed by atoms with Crippen molar-refractivity contribution in [3.8, 4) is 0 Å². The van der Waals surface area contributed by atoms with Crippen molar-refractivity contribution in [3.05, 3.63) is 41.7 Å². The Labute approximate surface area is 171 Å². The zero-order valence-electron chi connectivity index (χ0n) is 17.5. The van der Waals surface area contributed by atoms with Crippen LogP contribution in [0.25, 0.3) is 0 Å². The van der Waals surface area contributed by atoms with Gasteiger partial charge in [-0.3, -0.25) is 14.5 Å². The van der Waals surface area contributed by atoms with Crippen molar-refractivity contribution in [2.24, 2.45) is 0 Å². The molecular weight excluding hydrogens is 368 g/mol. The van der Waals surface area contributed by atoms with Crippen LogP contribution in [0.3, 0.4) is 0 Å². The molecule has 0 saturated carbocycles. The van der Waals surface area contributed by atoms with E-state index in [1.54, 1.807) is 11.1 Å². The number of carbonyl (C=O) groups is 2. The molecule has 0 aliphatic carbocycles. The van der Waals surface area contributed by atoms with Crippen LogP contribution in [-0.4, -0.2) is 62.8 Å². The molecule has 0 bridgehead atoms. The third-order valence-electron chi connectivity index (χ3n) is 5.32. The highest BCUT2D eigenvalue weighted by Crippen LogP contribution is 2.23. The zero-order chi connectivity index (χ0) is 20.8. The van der Waals surface area contributed by atoms with Crippen LogP contribution in [-0.2, 0) is 11.3 Å². The Morgan fingerprint density at radius 1 is 1.21 bits per heavy atom. The Hall–Kier alpha value is -2.74. The molecule has 0 radical (unpaired) electrons. The minimum absolute atomic E-state index is 0.0619. The molecule has 1 N–H and O–H groups in total. The van der Waals surface area contributed by atoms with Gasteiger partial charge in [-0.15, -0.1) is 5.10 Å². The van der Waals surface area contributed by atoms with Gasteiger partial charge in [0.15, 0.2) is 5.69 Å². The van der Waals surface area contributed by atoms with Gasteiger partial charge >= 0.3 is 0 Å². The first kappa shape index (κ1) is 21.0. The van der Waals surface area contributed by atoms with Crippen molar-refractivity contribution in [1.29, 1.82) is 0 Å². The lowest BCUT2D eigenvalue weighted by Crippen LogP contribution is -2.36. The molecule has 1 aromatic heterocycles. The fraction of sp³-hybridized carbons (Fsp3) is 0.524. The van der Waals surface area contributed by atoms with Gasteiger partial charge in [-0.25, -0.2) is 4.68 Å². The molecule has 1 atom stereocenters. The van der Waals surface area contributed by atoms with Gasteiger partial charge in [0.05, 0.1) is 12.2 Å². The van der Waals surface area contributed by atoms with Crippen molar-refractivity contribution in [1.82, 2.24) is 24.8 Å². The summed E-state index contributed by atoms with van der Waals surface area (Å²) in [5, 5.41) is 11.2. The molecule has 3 rings (SSSR count). The van der Waals surface area contributed by atoms with Crippen molar-refractivity contribution in [3.63, 3.8) is 0 Å². The molecule has 2 aromatic rings. The molecule has 1 aliphatic heterocycles. The number of carbonyl (C=O) groups excluding carboxylic acids is 2. The number of nitrogens with zero attached hydrogens (tertiary/aromatic N) is 5. The number of likely N-dealkylation sites (tertiary alicyclic amines) is 1. The van der Waals surface area contributed by atoms with Gasteiger partial charge < -0.3 is 10.2 Å². The fourth-order valence-corrected chi connectivity index (χ4v) is 3.77. The second-order valence-corrected chi connectivity index (χ2v) is 7.47. The van der Waals surface area contributed by atoms with E-state index in [0.717, 1.165) is 38.2 Å². The fourth-order valence-electron chi connectivity index (χ4n) is 3.77. The highest BCUT2D eigenvalue weighted by Gasteiger charge is 2.24. The zero-order valence-corrected chi connectivity index (χ0v) is 17.5. The Morgan fingerprint density at radius 2 is 1.93 bits per heavy atom. The van der Waals surface area contributed by atoms with Gasteiger partial charge in [-0.05, 0) is 50.9 Å². The highest BCUT2D eigenvalue weighted by molar-refractivity contribution is 5.91. The average molecular weight is 399 g/mol. The summed E-state index contributed by atoms with van der Waals surface area (Å²) in [6.45, 7) is 9.52. The predicted molar refractivity (Wildman–Crippen MR) is 112 cm³/mol. The number of rotatable bonds is 7. The van der Waals surface area contributed by atoms with Crippen molar-refractivity contribution < 1.29 is 9.59 Å². The van der Waals surface area contributed by atoms with Gasteiger partial charge in [-0.1, -0.05) is 17.3 Å². The SMILES string of the molecule is CCN(CC)C(=O)c1cn([C@@H]2CCCN(Cc3ccc(NC(C)=O)cc3)C2)nn1. The van der Waals surface area contributed by atoms with Gasteiger partial charge in [-0.2, -0.15) is 0 Å². The van der Waals surface area contributed by atoms with Crippen molar-refractivity contribution in [2.45, 2.75) is 46.2 Å². The number of hydrogen-bond donors (Lipinski definition) is 1. The minimum atomic E-state index is -0.0664. The molecule has 1 saturated heterocycles. The first-order valence-electron chi connectivity index (χ1n) is 10.3. The summed E-state index contributed by atoms with van der Waals surface area (Å²) in [5.74, 6) is -0.128. The van der Waals surface area contributed by atoms with E-state index in [1.165, 1.54) is 12.5 Å².